The number of nitro benzene ring substituents is 2. The molecule has 1 rings (SSSR count). The van der Waals surface area contributed by atoms with E-state index in [1.165, 1.54) is 0 Å². The van der Waals surface area contributed by atoms with E-state index in [4.69, 9.17) is 19.9 Å². The van der Waals surface area contributed by atoms with Gasteiger partial charge in [-0.05, 0) is 0 Å². The van der Waals surface area contributed by atoms with Gasteiger partial charge in [-0.1, -0.05) is 0 Å². The Balaban J connectivity index is 2.31. The van der Waals surface area contributed by atoms with Crippen LogP contribution >= 0.6 is 0 Å². The molecule has 0 aliphatic carbocycles. The molecule has 0 unspecified atom stereocenters. The molecule has 0 saturated carbocycles. The van der Waals surface area contributed by atoms with Gasteiger partial charge in [-0.25, -0.2) is 0 Å². The quantitative estimate of drug-likeness (QED) is 0.276. The van der Waals surface area contributed by atoms with E-state index in [1.807, 2.05) is 0 Å². The van der Waals surface area contributed by atoms with Crippen LogP contribution in [0.1, 0.15) is 0 Å². The summed E-state index contributed by atoms with van der Waals surface area (Å²) in [5.74, 6) is -1.16. The first-order chi connectivity index (χ1) is 12.5. The Morgan fingerprint density at radius 3 is 2.00 bits per heavy atom. The zero-order valence-corrected chi connectivity index (χ0v) is 14.0. The van der Waals surface area contributed by atoms with Gasteiger partial charge in [-0.3, -0.25) is 20.2 Å². The standard InChI is InChI=1S/C14H21FN4O7/c15-11-9-12(14(19(22)23)10-13(11)18(20)21)17-2-4-25-6-8-26-7-5-24-3-1-16/h9-10,17H,1-8,16H2. The van der Waals surface area contributed by atoms with E-state index in [-0.39, 0.29) is 18.8 Å². The van der Waals surface area contributed by atoms with Gasteiger partial charge in [0.05, 0.1) is 55.6 Å². The number of rotatable bonds is 14. The fourth-order valence-electron chi connectivity index (χ4n) is 1.87. The van der Waals surface area contributed by atoms with Crippen molar-refractivity contribution in [3.63, 3.8) is 0 Å². The third-order valence-electron chi connectivity index (χ3n) is 3.03. The molecule has 0 fully saturated rings. The minimum atomic E-state index is -1.16. The normalized spacial score (nSPS) is 10.7. The van der Waals surface area contributed by atoms with Crippen molar-refractivity contribution in [3.05, 3.63) is 38.2 Å². The van der Waals surface area contributed by atoms with Crippen LogP contribution in [0.2, 0.25) is 0 Å². The summed E-state index contributed by atoms with van der Waals surface area (Å²) in [6.07, 6.45) is 0. The first-order valence-corrected chi connectivity index (χ1v) is 7.77. The van der Waals surface area contributed by atoms with Crippen LogP contribution in [0.15, 0.2) is 12.1 Å². The van der Waals surface area contributed by atoms with Gasteiger partial charge in [0, 0.05) is 19.2 Å². The third kappa shape index (κ3) is 7.65. The number of hydrogen-bond acceptors (Lipinski definition) is 9. The van der Waals surface area contributed by atoms with Crippen molar-refractivity contribution in [2.45, 2.75) is 0 Å². The molecule has 0 spiro atoms. The van der Waals surface area contributed by atoms with Crippen LogP contribution in [0.4, 0.5) is 21.5 Å². The summed E-state index contributed by atoms with van der Waals surface area (Å²) in [7, 11) is 0. The van der Waals surface area contributed by atoms with Gasteiger partial charge in [0.15, 0.2) is 0 Å². The number of benzene rings is 1. The maximum Gasteiger partial charge on any atom is 0.311 e. The summed E-state index contributed by atoms with van der Waals surface area (Å²) in [6, 6.07) is 1.31. The number of nitrogens with one attached hydrogen (secondary N) is 1. The molecule has 1 aromatic carbocycles. The minimum absolute atomic E-state index is 0.150. The molecule has 11 nitrogen and oxygen atoms in total. The van der Waals surface area contributed by atoms with Gasteiger partial charge in [0.2, 0.25) is 5.82 Å². The number of nitro groups is 2. The third-order valence-corrected chi connectivity index (χ3v) is 3.03. The molecule has 0 aromatic heterocycles. The van der Waals surface area contributed by atoms with Crippen molar-refractivity contribution in [2.24, 2.45) is 5.73 Å². The minimum Gasteiger partial charge on any atom is -0.378 e. The Labute approximate surface area is 148 Å². The SMILES string of the molecule is NCCOCCOCCOCCNc1cc(F)c([N+](=O)[O-])cc1[N+](=O)[O-]. The van der Waals surface area contributed by atoms with E-state index >= 15 is 0 Å². The van der Waals surface area contributed by atoms with E-state index in [1.54, 1.807) is 0 Å². The summed E-state index contributed by atoms with van der Waals surface area (Å²) in [5.41, 5.74) is 3.56. The maximum atomic E-state index is 13.6. The second-order valence-electron chi connectivity index (χ2n) is 4.89. The Bertz CT molecular complexity index is 603. The van der Waals surface area contributed by atoms with E-state index in [9.17, 15) is 24.6 Å². The number of ether oxygens (including phenoxy) is 3. The molecule has 0 amide bonds. The lowest BCUT2D eigenvalue weighted by atomic mass is 10.2. The summed E-state index contributed by atoms with van der Waals surface area (Å²) >= 11 is 0. The maximum absolute atomic E-state index is 13.6. The van der Waals surface area contributed by atoms with Crippen molar-refractivity contribution in [3.8, 4) is 0 Å². The fraction of sp³-hybridized carbons (Fsp3) is 0.571. The van der Waals surface area contributed by atoms with Crippen LogP contribution in [0.25, 0.3) is 0 Å². The molecular formula is C14H21FN4O7. The zero-order chi connectivity index (χ0) is 19.4. The van der Waals surface area contributed by atoms with E-state index in [0.29, 0.717) is 45.6 Å². The topological polar surface area (TPSA) is 152 Å². The van der Waals surface area contributed by atoms with Gasteiger partial charge in [0.1, 0.15) is 5.69 Å². The number of nitrogens with two attached hydrogens (primary N) is 1. The van der Waals surface area contributed by atoms with Gasteiger partial charge >= 0.3 is 5.69 Å². The van der Waals surface area contributed by atoms with Gasteiger partial charge in [-0.15, -0.1) is 0 Å². The van der Waals surface area contributed by atoms with Crippen LogP contribution in [-0.4, -0.2) is 62.6 Å². The molecule has 0 aliphatic heterocycles. The molecule has 0 atom stereocenters. The largest absolute Gasteiger partial charge is 0.378 e. The molecule has 0 radical (unpaired) electrons. The highest BCUT2D eigenvalue weighted by Crippen LogP contribution is 2.31. The molecule has 0 aliphatic rings. The lowest BCUT2D eigenvalue weighted by Crippen LogP contribution is -2.15. The van der Waals surface area contributed by atoms with Crippen LogP contribution in [0.3, 0.4) is 0 Å². The lowest BCUT2D eigenvalue weighted by molar-refractivity contribution is -0.395. The Hall–Kier alpha value is -2.41. The molecule has 1 aromatic rings. The lowest BCUT2D eigenvalue weighted by Gasteiger charge is -2.09. The molecule has 12 heteroatoms. The average molecular weight is 376 g/mol. The number of halogens is 1. The highest BCUT2D eigenvalue weighted by atomic mass is 19.1. The van der Waals surface area contributed by atoms with Gasteiger partial charge < -0.3 is 25.3 Å². The zero-order valence-electron chi connectivity index (χ0n) is 14.0. The molecule has 146 valence electrons. The summed E-state index contributed by atoms with van der Waals surface area (Å²) in [6.45, 7) is 2.76. The Morgan fingerprint density at radius 2 is 1.46 bits per heavy atom. The number of anilines is 1. The van der Waals surface area contributed by atoms with Gasteiger partial charge in [0.25, 0.3) is 5.69 Å². The highest BCUT2D eigenvalue weighted by Gasteiger charge is 2.24. The Kier molecular flexibility index (Phi) is 10.0. The van der Waals surface area contributed by atoms with Gasteiger partial charge in [-0.2, -0.15) is 4.39 Å². The van der Waals surface area contributed by atoms with E-state index in [2.05, 4.69) is 5.32 Å². The molecule has 26 heavy (non-hydrogen) atoms. The smallest absolute Gasteiger partial charge is 0.311 e. The predicted molar refractivity (Wildman–Crippen MR) is 89.7 cm³/mol. The molecule has 0 heterocycles. The summed E-state index contributed by atoms with van der Waals surface area (Å²) in [4.78, 5) is 19.8. The fourth-order valence-corrected chi connectivity index (χ4v) is 1.87. The van der Waals surface area contributed by atoms with Crippen LogP contribution < -0.4 is 11.1 Å². The van der Waals surface area contributed by atoms with Crippen molar-refractivity contribution in [1.82, 2.24) is 0 Å². The van der Waals surface area contributed by atoms with Crippen LogP contribution in [0, 0.1) is 26.0 Å². The molecule has 3 N–H and O–H groups in total. The van der Waals surface area contributed by atoms with Crippen molar-refractivity contribution in [2.75, 3.05) is 58.0 Å². The molecular weight excluding hydrogens is 355 g/mol. The highest BCUT2D eigenvalue weighted by molar-refractivity contribution is 5.65. The summed E-state index contributed by atoms with van der Waals surface area (Å²) < 4.78 is 29.2. The monoisotopic (exact) mass is 376 g/mol. The van der Waals surface area contributed by atoms with E-state index < -0.39 is 27.0 Å². The van der Waals surface area contributed by atoms with Crippen molar-refractivity contribution in [1.29, 1.82) is 0 Å². The van der Waals surface area contributed by atoms with E-state index in [0.717, 1.165) is 6.07 Å². The predicted octanol–water partition coefficient (Wildman–Crippen LogP) is 1.06. The Morgan fingerprint density at radius 1 is 0.923 bits per heavy atom. The first-order valence-electron chi connectivity index (χ1n) is 7.77. The number of hydrogen-bond donors (Lipinski definition) is 2. The molecule has 0 bridgehead atoms. The second kappa shape index (κ2) is 12.0. The first kappa shape index (κ1) is 21.6. The summed E-state index contributed by atoms with van der Waals surface area (Å²) in [5, 5.41) is 24.2. The average Bonchev–Trinajstić information content (AvgIpc) is 2.59. The van der Waals surface area contributed by atoms with Crippen molar-refractivity contribution < 1.29 is 28.4 Å². The second-order valence-corrected chi connectivity index (χ2v) is 4.89. The van der Waals surface area contributed by atoms with Crippen molar-refractivity contribution >= 4 is 17.1 Å². The van der Waals surface area contributed by atoms with Crippen LogP contribution in [-0.2, 0) is 14.2 Å². The number of nitrogens with zero attached hydrogens (tertiary/aromatic N) is 2. The van der Waals surface area contributed by atoms with Crippen LogP contribution in [0.5, 0.6) is 0 Å². The molecule has 0 saturated heterocycles.